The molecule has 0 fully saturated rings. The Morgan fingerprint density at radius 2 is 2.28 bits per heavy atom. The van der Waals surface area contributed by atoms with E-state index >= 15 is 0 Å². The summed E-state index contributed by atoms with van der Waals surface area (Å²) in [4.78, 5) is 18.4. The summed E-state index contributed by atoms with van der Waals surface area (Å²) in [6, 6.07) is 7.31. The number of thiophene rings is 1. The second-order valence-corrected chi connectivity index (χ2v) is 4.96. The van der Waals surface area contributed by atoms with Gasteiger partial charge in [-0.1, -0.05) is 6.07 Å². The van der Waals surface area contributed by atoms with Gasteiger partial charge in [-0.05, 0) is 30.0 Å². The second-order valence-electron chi connectivity index (χ2n) is 3.93. The predicted molar refractivity (Wildman–Crippen MR) is 72.5 cm³/mol. The quantitative estimate of drug-likeness (QED) is 0.899. The molecule has 2 heterocycles. The van der Waals surface area contributed by atoms with E-state index in [9.17, 15) is 4.79 Å². The van der Waals surface area contributed by atoms with Crippen LogP contribution in [0.2, 0.25) is 0 Å². The van der Waals surface area contributed by atoms with Gasteiger partial charge < -0.3 is 10.0 Å². The van der Waals surface area contributed by atoms with Crippen LogP contribution in [0.5, 0.6) is 0 Å². The van der Waals surface area contributed by atoms with E-state index in [4.69, 9.17) is 5.11 Å². The highest BCUT2D eigenvalue weighted by molar-refractivity contribution is 7.09. The number of aromatic carboxylic acids is 1. The molecule has 0 aliphatic carbocycles. The Labute approximate surface area is 110 Å². The number of hydrogen-bond donors (Lipinski definition) is 1. The fraction of sp³-hybridized carbons (Fsp3) is 0.231. The lowest BCUT2D eigenvalue weighted by molar-refractivity contribution is 0.0697. The molecule has 4 nitrogen and oxygen atoms in total. The topological polar surface area (TPSA) is 53.4 Å². The van der Waals surface area contributed by atoms with Crippen LogP contribution in [-0.2, 0) is 6.42 Å². The Hall–Kier alpha value is -1.88. The van der Waals surface area contributed by atoms with Gasteiger partial charge in [0.05, 0.1) is 0 Å². The number of carboxylic acid groups (broad SMARTS) is 1. The van der Waals surface area contributed by atoms with E-state index in [1.807, 2.05) is 23.4 Å². The maximum absolute atomic E-state index is 11.1. The third kappa shape index (κ3) is 2.87. The molecular weight excluding hydrogens is 248 g/mol. The molecule has 94 valence electrons. The largest absolute Gasteiger partial charge is 0.478 e. The van der Waals surface area contributed by atoms with Crippen molar-refractivity contribution >= 4 is 23.1 Å². The van der Waals surface area contributed by atoms with Crippen LogP contribution in [0.1, 0.15) is 15.2 Å². The van der Waals surface area contributed by atoms with Crippen LogP contribution < -0.4 is 4.90 Å². The molecule has 0 bridgehead atoms. The van der Waals surface area contributed by atoms with Gasteiger partial charge in [-0.3, -0.25) is 0 Å². The number of hydrogen-bond acceptors (Lipinski definition) is 4. The number of pyridine rings is 1. The lowest BCUT2D eigenvalue weighted by Gasteiger charge is -2.19. The van der Waals surface area contributed by atoms with Gasteiger partial charge in [-0.2, -0.15) is 0 Å². The summed E-state index contributed by atoms with van der Waals surface area (Å²) in [6.45, 7) is 0.748. The monoisotopic (exact) mass is 262 g/mol. The third-order valence-electron chi connectivity index (χ3n) is 2.65. The van der Waals surface area contributed by atoms with Crippen molar-refractivity contribution in [2.45, 2.75) is 6.42 Å². The van der Waals surface area contributed by atoms with Gasteiger partial charge in [0.1, 0.15) is 11.4 Å². The van der Waals surface area contributed by atoms with E-state index < -0.39 is 5.97 Å². The number of likely N-dealkylation sites (N-methyl/N-ethyl adjacent to an activating group) is 1. The smallest absolute Gasteiger partial charge is 0.339 e. The standard InChI is InChI=1S/C13H14N2O2S/c1-15(8-6-10-4-3-9-18-10)12-11(13(16)17)5-2-7-14-12/h2-5,7,9H,6,8H2,1H3,(H,16,17). The zero-order chi connectivity index (χ0) is 13.0. The first kappa shape index (κ1) is 12.6. The third-order valence-corrected chi connectivity index (χ3v) is 3.59. The number of rotatable bonds is 5. The van der Waals surface area contributed by atoms with Crippen LogP contribution >= 0.6 is 11.3 Å². The minimum atomic E-state index is -0.943. The Morgan fingerprint density at radius 3 is 2.94 bits per heavy atom. The van der Waals surface area contributed by atoms with E-state index in [1.165, 1.54) is 4.88 Å². The highest BCUT2D eigenvalue weighted by Crippen LogP contribution is 2.17. The zero-order valence-electron chi connectivity index (χ0n) is 10.0. The van der Waals surface area contributed by atoms with Gasteiger partial charge in [0, 0.05) is 24.7 Å². The van der Waals surface area contributed by atoms with E-state index in [-0.39, 0.29) is 5.56 Å². The maximum atomic E-state index is 11.1. The highest BCUT2D eigenvalue weighted by atomic mass is 32.1. The van der Waals surface area contributed by atoms with Crippen LogP contribution in [0.3, 0.4) is 0 Å². The molecule has 0 aliphatic heterocycles. The SMILES string of the molecule is CN(CCc1cccs1)c1ncccc1C(=O)O. The van der Waals surface area contributed by atoms with Crippen molar-refractivity contribution in [1.82, 2.24) is 4.98 Å². The van der Waals surface area contributed by atoms with Gasteiger partial charge >= 0.3 is 5.97 Å². The number of anilines is 1. The summed E-state index contributed by atoms with van der Waals surface area (Å²) < 4.78 is 0. The average Bonchev–Trinajstić information content (AvgIpc) is 2.89. The number of nitrogens with zero attached hydrogens (tertiary/aromatic N) is 2. The molecular formula is C13H14N2O2S. The summed E-state index contributed by atoms with van der Waals surface area (Å²) >= 11 is 1.71. The van der Waals surface area contributed by atoms with E-state index in [1.54, 1.807) is 29.7 Å². The van der Waals surface area contributed by atoms with Gasteiger partial charge in [0.25, 0.3) is 0 Å². The minimum absolute atomic E-state index is 0.242. The average molecular weight is 262 g/mol. The molecule has 5 heteroatoms. The molecule has 1 N–H and O–H groups in total. The molecule has 0 radical (unpaired) electrons. The number of aromatic nitrogens is 1. The maximum Gasteiger partial charge on any atom is 0.339 e. The first-order valence-electron chi connectivity index (χ1n) is 5.60. The summed E-state index contributed by atoms with van der Waals surface area (Å²) in [7, 11) is 1.86. The van der Waals surface area contributed by atoms with Crippen LogP contribution in [0.25, 0.3) is 0 Å². The first-order chi connectivity index (χ1) is 8.68. The van der Waals surface area contributed by atoms with E-state index in [0.29, 0.717) is 5.82 Å². The van der Waals surface area contributed by atoms with E-state index in [2.05, 4.69) is 11.1 Å². The summed E-state index contributed by atoms with van der Waals surface area (Å²) in [5.41, 5.74) is 0.242. The fourth-order valence-corrected chi connectivity index (χ4v) is 2.40. The Morgan fingerprint density at radius 1 is 1.44 bits per heavy atom. The molecule has 0 saturated carbocycles. The summed E-state index contributed by atoms with van der Waals surface area (Å²) in [5.74, 6) is -0.428. The molecule has 18 heavy (non-hydrogen) atoms. The highest BCUT2D eigenvalue weighted by Gasteiger charge is 2.14. The van der Waals surface area contributed by atoms with Gasteiger partial charge in [0.2, 0.25) is 0 Å². The molecule has 2 rings (SSSR count). The predicted octanol–water partition coefficient (Wildman–Crippen LogP) is 2.52. The van der Waals surface area contributed by atoms with Crippen LogP contribution in [0.4, 0.5) is 5.82 Å². The van der Waals surface area contributed by atoms with Crippen molar-refractivity contribution < 1.29 is 9.90 Å². The number of carbonyl (C=O) groups is 1. The molecule has 2 aromatic rings. The normalized spacial score (nSPS) is 10.3. The minimum Gasteiger partial charge on any atom is -0.478 e. The molecule has 0 saturated heterocycles. The molecule has 0 amide bonds. The van der Waals surface area contributed by atoms with E-state index in [0.717, 1.165) is 13.0 Å². The van der Waals surface area contributed by atoms with Crippen molar-refractivity contribution in [2.24, 2.45) is 0 Å². The van der Waals surface area contributed by atoms with Crippen LogP contribution in [0, 0.1) is 0 Å². The van der Waals surface area contributed by atoms with Crippen molar-refractivity contribution in [1.29, 1.82) is 0 Å². The first-order valence-corrected chi connectivity index (χ1v) is 6.48. The second kappa shape index (κ2) is 5.64. The molecule has 2 aromatic heterocycles. The molecule has 0 aromatic carbocycles. The summed E-state index contributed by atoms with van der Waals surface area (Å²) in [5, 5.41) is 11.1. The molecule has 0 atom stereocenters. The summed E-state index contributed by atoms with van der Waals surface area (Å²) in [6.07, 6.45) is 2.51. The zero-order valence-corrected chi connectivity index (χ0v) is 10.9. The van der Waals surface area contributed by atoms with Crippen LogP contribution in [-0.4, -0.2) is 29.7 Å². The lowest BCUT2D eigenvalue weighted by atomic mass is 10.2. The Balaban J connectivity index is 2.09. The van der Waals surface area contributed by atoms with Crippen molar-refractivity contribution in [3.05, 3.63) is 46.3 Å². The van der Waals surface area contributed by atoms with Crippen molar-refractivity contribution in [3.63, 3.8) is 0 Å². The Kier molecular flexibility index (Phi) is 3.94. The van der Waals surface area contributed by atoms with Gasteiger partial charge in [-0.25, -0.2) is 9.78 Å². The fourth-order valence-electron chi connectivity index (χ4n) is 1.71. The van der Waals surface area contributed by atoms with Gasteiger partial charge in [0.15, 0.2) is 0 Å². The Bertz CT molecular complexity index is 526. The van der Waals surface area contributed by atoms with Crippen LogP contribution in [0.15, 0.2) is 35.8 Å². The van der Waals surface area contributed by atoms with Crippen molar-refractivity contribution in [3.8, 4) is 0 Å². The molecule has 0 aliphatic rings. The van der Waals surface area contributed by atoms with Crippen molar-refractivity contribution in [2.75, 3.05) is 18.5 Å². The lowest BCUT2D eigenvalue weighted by Crippen LogP contribution is -2.23. The molecule has 0 spiro atoms. The van der Waals surface area contributed by atoms with Gasteiger partial charge in [-0.15, -0.1) is 11.3 Å². The molecule has 0 unspecified atom stereocenters. The number of carboxylic acids is 1.